The molecular weight excluding hydrogens is 362 g/mol. The van der Waals surface area contributed by atoms with Crippen molar-refractivity contribution in [3.8, 4) is 28.7 Å². The minimum atomic E-state index is -0.251. The summed E-state index contributed by atoms with van der Waals surface area (Å²) in [5, 5.41) is 2.83. The molecule has 0 bridgehead atoms. The molecule has 2 aromatic rings. The normalized spacial score (nSPS) is 10.5. The summed E-state index contributed by atoms with van der Waals surface area (Å²) in [6.45, 7) is 0.301. The van der Waals surface area contributed by atoms with E-state index in [0.29, 0.717) is 35.3 Å². The van der Waals surface area contributed by atoms with Gasteiger partial charge in [-0.25, -0.2) is 0 Å². The van der Waals surface area contributed by atoms with Gasteiger partial charge in [0, 0.05) is 18.2 Å². The van der Waals surface area contributed by atoms with Gasteiger partial charge in [0.25, 0.3) is 0 Å². The molecule has 0 saturated carbocycles. The molecular formula is C21H25NO6. The van der Waals surface area contributed by atoms with Crippen molar-refractivity contribution in [2.24, 2.45) is 0 Å². The van der Waals surface area contributed by atoms with Crippen LogP contribution in [0.15, 0.2) is 36.4 Å². The van der Waals surface area contributed by atoms with Gasteiger partial charge >= 0.3 is 0 Å². The average molecular weight is 387 g/mol. The van der Waals surface area contributed by atoms with Crippen molar-refractivity contribution in [1.29, 1.82) is 0 Å². The van der Waals surface area contributed by atoms with Gasteiger partial charge in [-0.2, -0.15) is 0 Å². The summed E-state index contributed by atoms with van der Waals surface area (Å²) in [6.07, 6.45) is 3.11. The zero-order valence-electron chi connectivity index (χ0n) is 16.7. The van der Waals surface area contributed by atoms with Gasteiger partial charge in [0.2, 0.25) is 11.7 Å². The number of carbonyl (C=O) groups excluding carboxylic acids is 1. The van der Waals surface area contributed by atoms with E-state index in [1.165, 1.54) is 6.08 Å². The summed E-state index contributed by atoms with van der Waals surface area (Å²) in [4.78, 5) is 12.2. The minimum Gasteiger partial charge on any atom is -0.493 e. The Morgan fingerprint density at radius 1 is 0.857 bits per heavy atom. The first-order valence-electron chi connectivity index (χ1n) is 8.53. The van der Waals surface area contributed by atoms with E-state index in [4.69, 9.17) is 23.7 Å². The number of hydrogen-bond acceptors (Lipinski definition) is 6. The zero-order chi connectivity index (χ0) is 20.5. The molecule has 0 aromatic heterocycles. The van der Waals surface area contributed by atoms with Gasteiger partial charge in [0.1, 0.15) is 0 Å². The molecule has 0 unspecified atom stereocenters. The van der Waals surface area contributed by atoms with Crippen LogP contribution in [0.5, 0.6) is 28.7 Å². The molecule has 2 aromatic carbocycles. The lowest BCUT2D eigenvalue weighted by molar-refractivity contribution is -0.116. The molecule has 0 fully saturated rings. The SMILES string of the molecule is COc1cccc(/C=C/C(=O)NCc2cc(OC)c(OC)c(OC)c2)c1OC. The second kappa shape index (κ2) is 10.1. The number of nitrogens with one attached hydrogen (secondary N) is 1. The highest BCUT2D eigenvalue weighted by Crippen LogP contribution is 2.38. The molecule has 0 aliphatic heterocycles. The van der Waals surface area contributed by atoms with E-state index in [0.717, 1.165) is 11.1 Å². The van der Waals surface area contributed by atoms with Crippen LogP contribution in [0.2, 0.25) is 0 Å². The summed E-state index contributed by atoms with van der Waals surface area (Å²) >= 11 is 0. The van der Waals surface area contributed by atoms with Crippen LogP contribution >= 0.6 is 0 Å². The Hall–Kier alpha value is -3.35. The van der Waals surface area contributed by atoms with Crippen LogP contribution in [0.4, 0.5) is 0 Å². The Morgan fingerprint density at radius 2 is 1.46 bits per heavy atom. The Labute approximate surface area is 164 Å². The number of rotatable bonds is 9. The molecule has 0 heterocycles. The second-order valence-electron chi connectivity index (χ2n) is 5.67. The maximum atomic E-state index is 12.2. The summed E-state index contributed by atoms with van der Waals surface area (Å²) in [5.74, 6) is 2.48. The zero-order valence-corrected chi connectivity index (χ0v) is 16.7. The van der Waals surface area contributed by atoms with Gasteiger partial charge in [0.05, 0.1) is 35.5 Å². The molecule has 0 aliphatic carbocycles. The number of carbonyl (C=O) groups is 1. The Balaban J connectivity index is 2.10. The first kappa shape index (κ1) is 21.0. The lowest BCUT2D eigenvalue weighted by atomic mass is 10.1. The highest BCUT2D eigenvalue weighted by Gasteiger charge is 2.13. The van der Waals surface area contributed by atoms with Gasteiger partial charge in [-0.3, -0.25) is 4.79 Å². The van der Waals surface area contributed by atoms with Crippen LogP contribution in [0.25, 0.3) is 6.08 Å². The molecule has 0 saturated heterocycles. The monoisotopic (exact) mass is 387 g/mol. The summed E-state index contributed by atoms with van der Waals surface area (Å²) < 4.78 is 26.6. The standard InChI is InChI=1S/C21H25NO6/c1-24-16-8-6-7-15(20(16)27-4)9-10-19(23)22-13-14-11-17(25-2)21(28-5)18(12-14)26-3/h6-12H,13H2,1-5H3,(H,22,23)/b10-9+. The number of amides is 1. The molecule has 7 nitrogen and oxygen atoms in total. The molecule has 0 atom stereocenters. The van der Waals surface area contributed by atoms with Crippen LogP contribution in [-0.2, 0) is 11.3 Å². The van der Waals surface area contributed by atoms with Gasteiger partial charge in [-0.15, -0.1) is 0 Å². The van der Waals surface area contributed by atoms with Gasteiger partial charge < -0.3 is 29.0 Å². The second-order valence-corrected chi connectivity index (χ2v) is 5.67. The van der Waals surface area contributed by atoms with Crippen molar-refractivity contribution in [2.45, 2.75) is 6.54 Å². The summed E-state index contributed by atoms with van der Waals surface area (Å²) in [5.41, 5.74) is 1.56. The third-order valence-electron chi connectivity index (χ3n) is 4.04. The highest BCUT2D eigenvalue weighted by molar-refractivity contribution is 5.92. The molecule has 2 rings (SSSR count). The van der Waals surface area contributed by atoms with Crippen molar-refractivity contribution in [1.82, 2.24) is 5.32 Å². The topological polar surface area (TPSA) is 75.3 Å². The summed E-state index contributed by atoms with van der Waals surface area (Å²) in [7, 11) is 7.75. The number of methoxy groups -OCH3 is 5. The number of para-hydroxylation sites is 1. The van der Waals surface area contributed by atoms with E-state index in [2.05, 4.69) is 5.32 Å². The number of benzene rings is 2. The van der Waals surface area contributed by atoms with E-state index in [1.54, 1.807) is 59.8 Å². The molecule has 1 amide bonds. The molecule has 150 valence electrons. The van der Waals surface area contributed by atoms with E-state index in [1.807, 2.05) is 12.1 Å². The highest BCUT2D eigenvalue weighted by atomic mass is 16.5. The molecule has 0 aliphatic rings. The fourth-order valence-electron chi connectivity index (χ4n) is 2.69. The molecule has 0 radical (unpaired) electrons. The lowest BCUT2D eigenvalue weighted by Gasteiger charge is -2.14. The molecule has 7 heteroatoms. The van der Waals surface area contributed by atoms with Crippen LogP contribution < -0.4 is 29.0 Å². The van der Waals surface area contributed by atoms with E-state index in [-0.39, 0.29) is 5.91 Å². The van der Waals surface area contributed by atoms with Gasteiger partial charge in [-0.05, 0) is 29.8 Å². The maximum absolute atomic E-state index is 12.2. The van der Waals surface area contributed by atoms with Crippen molar-refractivity contribution in [2.75, 3.05) is 35.5 Å². The molecule has 1 N–H and O–H groups in total. The quantitative estimate of drug-likeness (QED) is 0.667. The smallest absolute Gasteiger partial charge is 0.244 e. The predicted molar refractivity (Wildman–Crippen MR) is 107 cm³/mol. The maximum Gasteiger partial charge on any atom is 0.244 e. The van der Waals surface area contributed by atoms with E-state index in [9.17, 15) is 4.79 Å². The van der Waals surface area contributed by atoms with Crippen LogP contribution in [0.3, 0.4) is 0 Å². The van der Waals surface area contributed by atoms with Crippen molar-refractivity contribution in [3.63, 3.8) is 0 Å². The first-order chi connectivity index (χ1) is 13.6. The van der Waals surface area contributed by atoms with Gasteiger partial charge in [0.15, 0.2) is 23.0 Å². The average Bonchev–Trinajstić information content (AvgIpc) is 2.74. The predicted octanol–water partition coefficient (Wildman–Crippen LogP) is 3.06. The third kappa shape index (κ3) is 4.88. The Kier molecular flexibility index (Phi) is 7.56. The molecule has 28 heavy (non-hydrogen) atoms. The van der Waals surface area contributed by atoms with Gasteiger partial charge in [-0.1, -0.05) is 12.1 Å². The fraction of sp³-hybridized carbons (Fsp3) is 0.286. The fourth-order valence-corrected chi connectivity index (χ4v) is 2.69. The third-order valence-corrected chi connectivity index (χ3v) is 4.04. The number of hydrogen-bond donors (Lipinski definition) is 1. The lowest BCUT2D eigenvalue weighted by Crippen LogP contribution is -2.20. The summed E-state index contributed by atoms with van der Waals surface area (Å²) in [6, 6.07) is 9.03. The number of ether oxygens (including phenoxy) is 5. The van der Waals surface area contributed by atoms with Crippen LogP contribution in [0.1, 0.15) is 11.1 Å². The van der Waals surface area contributed by atoms with Crippen LogP contribution in [0, 0.1) is 0 Å². The van der Waals surface area contributed by atoms with Crippen molar-refractivity contribution >= 4 is 12.0 Å². The Morgan fingerprint density at radius 3 is 2.00 bits per heavy atom. The van der Waals surface area contributed by atoms with Crippen LogP contribution in [-0.4, -0.2) is 41.5 Å². The molecule has 0 spiro atoms. The van der Waals surface area contributed by atoms with Crippen molar-refractivity contribution in [3.05, 3.63) is 47.5 Å². The first-order valence-corrected chi connectivity index (χ1v) is 8.53. The van der Waals surface area contributed by atoms with Crippen molar-refractivity contribution < 1.29 is 28.5 Å². The van der Waals surface area contributed by atoms with E-state index < -0.39 is 0 Å². The van der Waals surface area contributed by atoms with E-state index >= 15 is 0 Å². The largest absolute Gasteiger partial charge is 0.493 e. The minimum absolute atomic E-state index is 0.251. The Bertz CT molecular complexity index is 822.